The van der Waals surface area contributed by atoms with Gasteiger partial charge in [0, 0.05) is 5.57 Å². The molecule has 35 heavy (non-hydrogen) atoms. The average Bonchev–Trinajstić information content (AvgIpc) is 2.79. The maximum Gasteiger partial charge on any atom is 0.333 e. The number of ether oxygens (including phenoxy) is 1. The van der Waals surface area contributed by atoms with E-state index in [1.165, 1.54) is 22.3 Å². The molecule has 0 saturated carbocycles. The monoisotopic (exact) mass is 474 g/mol. The Bertz CT molecular complexity index is 947. The Labute approximate surface area is 215 Å². The van der Waals surface area contributed by atoms with Crippen LogP contribution in [0.25, 0.3) is 0 Å². The molecule has 0 aromatic carbocycles. The summed E-state index contributed by atoms with van der Waals surface area (Å²) < 4.78 is 5.11. The Kier molecular flexibility index (Phi) is 18.4. The summed E-state index contributed by atoms with van der Waals surface area (Å²) in [5.74, 6) is -0.259. The zero-order chi connectivity index (χ0) is 26.5. The molecule has 0 saturated heterocycles. The van der Waals surface area contributed by atoms with E-state index in [1.54, 1.807) is 13.0 Å². The highest BCUT2D eigenvalue weighted by atomic mass is 16.5. The van der Waals surface area contributed by atoms with E-state index in [0.29, 0.717) is 12.2 Å². The lowest BCUT2D eigenvalue weighted by molar-refractivity contribution is -0.138. The van der Waals surface area contributed by atoms with Gasteiger partial charge in [-0.1, -0.05) is 120 Å². The number of hydrogen-bond acceptors (Lipinski definition) is 2. The maximum atomic E-state index is 11.7. The molecule has 0 aliphatic heterocycles. The van der Waals surface area contributed by atoms with Crippen LogP contribution in [0.2, 0.25) is 0 Å². The quantitative estimate of drug-likeness (QED) is 0.108. The average molecular weight is 475 g/mol. The van der Waals surface area contributed by atoms with E-state index in [9.17, 15) is 4.79 Å². The van der Waals surface area contributed by atoms with E-state index >= 15 is 0 Å². The first-order valence-corrected chi connectivity index (χ1v) is 12.5. The Balaban J connectivity index is 4.67. The first kappa shape index (κ1) is 31.9. The summed E-state index contributed by atoms with van der Waals surface area (Å²) in [5, 5.41) is 0. The predicted octanol–water partition coefficient (Wildman–Crippen LogP) is 9.64. The molecule has 0 radical (unpaired) electrons. The highest BCUT2D eigenvalue weighted by Crippen LogP contribution is 2.08. The van der Waals surface area contributed by atoms with Crippen molar-refractivity contribution in [2.45, 2.75) is 74.7 Å². The normalized spacial score (nSPS) is 14.7. The van der Waals surface area contributed by atoms with Gasteiger partial charge in [0.2, 0.25) is 0 Å². The van der Waals surface area contributed by atoms with Crippen molar-refractivity contribution >= 4 is 5.97 Å². The van der Waals surface area contributed by atoms with Gasteiger partial charge in [0.15, 0.2) is 0 Å². The fourth-order valence-electron chi connectivity index (χ4n) is 2.69. The van der Waals surface area contributed by atoms with Crippen LogP contribution in [0, 0.1) is 0 Å². The van der Waals surface area contributed by atoms with E-state index < -0.39 is 0 Å². The number of rotatable bonds is 14. The van der Waals surface area contributed by atoms with Crippen LogP contribution in [-0.2, 0) is 9.53 Å². The van der Waals surface area contributed by atoms with E-state index in [4.69, 9.17) is 4.74 Å². The third-order valence-corrected chi connectivity index (χ3v) is 4.84. The van der Waals surface area contributed by atoms with Crippen molar-refractivity contribution in [3.8, 4) is 0 Å². The summed E-state index contributed by atoms with van der Waals surface area (Å²) in [6, 6.07) is 0. The molecule has 0 fully saturated rings. The van der Waals surface area contributed by atoms with Crippen LogP contribution < -0.4 is 0 Å². The van der Waals surface area contributed by atoms with Crippen LogP contribution in [0.4, 0.5) is 0 Å². The Morgan fingerprint density at radius 2 is 1.14 bits per heavy atom. The second-order valence-corrected chi connectivity index (χ2v) is 9.01. The fraction of sp³-hybridized carbons (Fsp3) is 0.364. The summed E-state index contributed by atoms with van der Waals surface area (Å²) in [5.41, 5.74) is 6.85. The molecule has 0 aliphatic rings. The predicted molar refractivity (Wildman–Crippen MR) is 155 cm³/mol. The summed E-state index contributed by atoms with van der Waals surface area (Å²) in [7, 11) is 0. The van der Waals surface area contributed by atoms with Gasteiger partial charge < -0.3 is 4.74 Å². The minimum Gasteiger partial charge on any atom is -0.462 e. The van der Waals surface area contributed by atoms with Gasteiger partial charge in [-0.3, -0.25) is 0 Å². The van der Waals surface area contributed by atoms with Crippen molar-refractivity contribution in [3.63, 3.8) is 0 Å². The summed E-state index contributed by atoms with van der Waals surface area (Å²) in [6.07, 6.45) is 31.9. The lowest BCUT2D eigenvalue weighted by atomic mass is 10.1. The molecule has 2 heteroatoms. The molecule has 190 valence electrons. The minimum atomic E-state index is -0.259. The molecule has 0 aliphatic carbocycles. The van der Waals surface area contributed by atoms with Crippen molar-refractivity contribution in [3.05, 3.63) is 119 Å². The second kappa shape index (κ2) is 20.3. The van der Waals surface area contributed by atoms with Gasteiger partial charge in [-0.05, 0) is 67.7 Å². The summed E-state index contributed by atoms with van der Waals surface area (Å²) in [6.45, 7) is 16.9. The number of carbonyl (C=O) groups excluding carboxylic acids is 1. The molecule has 2 nitrogen and oxygen atoms in total. The largest absolute Gasteiger partial charge is 0.462 e. The molecule has 0 unspecified atom stereocenters. The first-order chi connectivity index (χ1) is 16.6. The van der Waals surface area contributed by atoms with Crippen molar-refractivity contribution in [1.29, 1.82) is 0 Å². The molecular formula is C33H46O2. The highest BCUT2D eigenvalue weighted by molar-refractivity contribution is 5.88. The van der Waals surface area contributed by atoms with E-state index in [2.05, 4.69) is 89.3 Å². The highest BCUT2D eigenvalue weighted by Gasteiger charge is 2.02. The molecule has 0 rings (SSSR count). The first-order valence-electron chi connectivity index (χ1n) is 12.5. The Hall–Kier alpha value is -3.13. The zero-order valence-electron chi connectivity index (χ0n) is 23.2. The Morgan fingerprint density at radius 1 is 0.657 bits per heavy atom. The van der Waals surface area contributed by atoms with Crippen molar-refractivity contribution < 1.29 is 9.53 Å². The number of carbonyl (C=O) groups is 1. The van der Waals surface area contributed by atoms with Crippen molar-refractivity contribution in [1.82, 2.24) is 0 Å². The molecule has 0 amide bonds. The number of allylic oxidation sites excluding steroid dienone is 19. The van der Waals surface area contributed by atoms with Crippen LogP contribution in [0.3, 0.4) is 0 Å². The van der Waals surface area contributed by atoms with Gasteiger partial charge in [-0.25, -0.2) is 4.79 Å². The van der Waals surface area contributed by atoms with Gasteiger partial charge in [0.1, 0.15) is 0 Å². The van der Waals surface area contributed by atoms with Gasteiger partial charge >= 0.3 is 5.97 Å². The van der Waals surface area contributed by atoms with Crippen LogP contribution >= 0.6 is 0 Å². The topological polar surface area (TPSA) is 26.3 Å². The summed E-state index contributed by atoms with van der Waals surface area (Å²) >= 11 is 0. The lowest BCUT2D eigenvalue weighted by Crippen LogP contribution is -2.05. The maximum absolute atomic E-state index is 11.7. The fourth-order valence-corrected chi connectivity index (χ4v) is 2.69. The summed E-state index contributed by atoms with van der Waals surface area (Å²) in [4.78, 5) is 11.7. The molecule has 0 bridgehead atoms. The van der Waals surface area contributed by atoms with Crippen LogP contribution in [0.5, 0.6) is 0 Å². The smallest absolute Gasteiger partial charge is 0.333 e. The number of esters is 1. The molecule has 0 atom stereocenters. The van der Waals surface area contributed by atoms with E-state index in [1.807, 2.05) is 38.2 Å². The van der Waals surface area contributed by atoms with Crippen LogP contribution in [-0.4, -0.2) is 12.6 Å². The third kappa shape index (κ3) is 20.0. The van der Waals surface area contributed by atoms with Crippen molar-refractivity contribution in [2.75, 3.05) is 6.61 Å². The van der Waals surface area contributed by atoms with Gasteiger partial charge in [-0.2, -0.15) is 0 Å². The van der Waals surface area contributed by atoms with E-state index in [-0.39, 0.29) is 5.97 Å². The van der Waals surface area contributed by atoms with Gasteiger partial charge in [-0.15, -0.1) is 0 Å². The molecule has 0 aromatic heterocycles. The molecule has 0 spiro atoms. The molecule has 0 aromatic rings. The molecule has 0 N–H and O–H groups in total. The third-order valence-electron chi connectivity index (χ3n) is 4.84. The van der Waals surface area contributed by atoms with Crippen LogP contribution in [0.1, 0.15) is 74.7 Å². The minimum absolute atomic E-state index is 0.259. The zero-order valence-corrected chi connectivity index (χ0v) is 23.2. The van der Waals surface area contributed by atoms with Gasteiger partial charge in [0.05, 0.1) is 6.61 Å². The lowest BCUT2D eigenvalue weighted by Gasteiger charge is -2.01. The van der Waals surface area contributed by atoms with Crippen LogP contribution in [0.15, 0.2) is 119 Å². The SMILES string of the molecule is CCCOC(=O)C(C)=CC=CC(C)=CC=CC(C)=CC=CC=C(C)C=CC=C(C)CCC=C(C)C. The standard InChI is InChI=1S/C33H46O2/c1-9-26-35-33(34)32(8)25-15-24-31(7)23-14-21-29(5)18-11-10-17-28(4)20-13-22-30(6)19-12-16-27(2)3/h10-11,13-18,20-25H,9,12,19,26H2,1-8H3. The van der Waals surface area contributed by atoms with Crippen molar-refractivity contribution in [2.24, 2.45) is 0 Å². The van der Waals surface area contributed by atoms with E-state index in [0.717, 1.165) is 24.8 Å². The van der Waals surface area contributed by atoms with Gasteiger partial charge in [0.25, 0.3) is 0 Å². The second-order valence-electron chi connectivity index (χ2n) is 9.01. The Morgan fingerprint density at radius 3 is 1.66 bits per heavy atom. The molecule has 0 heterocycles. The number of hydrogen-bond donors (Lipinski definition) is 0. The molecular weight excluding hydrogens is 428 g/mol.